The van der Waals surface area contributed by atoms with Crippen LogP contribution in [0, 0.1) is 0 Å². The van der Waals surface area contributed by atoms with E-state index in [1.165, 1.54) is 0 Å². The molecule has 0 bridgehead atoms. The van der Waals surface area contributed by atoms with E-state index >= 15 is 0 Å². The molecule has 1 aliphatic heterocycles. The van der Waals surface area contributed by atoms with Gasteiger partial charge in [-0.15, -0.1) is 0 Å². The summed E-state index contributed by atoms with van der Waals surface area (Å²) in [5.74, 6) is -0.323. The summed E-state index contributed by atoms with van der Waals surface area (Å²) < 4.78 is 6.38. The lowest BCUT2D eigenvalue weighted by atomic mass is 9.77. The third-order valence-electron chi connectivity index (χ3n) is 6.97. The molecule has 0 spiro atoms. The molecule has 0 fully saturated rings. The molecule has 3 aromatic rings. The first-order valence-electron chi connectivity index (χ1n) is 12.2. The Morgan fingerprint density at radius 3 is 1.91 bits per heavy atom. The van der Waals surface area contributed by atoms with Gasteiger partial charge in [0.25, 0.3) is 0 Å². The largest absolute Gasteiger partial charge is 0.441 e. The number of carbonyl (C=O) groups excluding carboxylic acids is 1. The first-order valence-corrected chi connectivity index (χ1v) is 12.2. The summed E-state index contributed by atoms with van der Waals surface area (Å²) in [7, 11) is 7.95. The van der Waals surface area contributed by atoms with Gasteiger partial charge < -0.3 is 25.2 Å². The quantitative estimate of drug-likeness (QED) is 0.484. The van der Waals surface area contributed by atoms with Crippen LogP contribution in [0.15, 0.2) is 60.7 Å². The number of hydrogen-bond donors (Lipinski definition) is 1. The maximum atomic E-state index is 13.4. The SMILES string of the molecule is CCN(CC)c1ccc(C2(c3ccc(N(C)C)cc3)OC(=O)c3cc(N(C)C)ccc32)c(CN)c1. The molecule has 184 valence electrons. The van der Waals surface area contributed by atoms with Crippen molar-refractivity contribution in [3.05, 3.63) is 88.5 Å². The van der Waals surface area contributed by atoms with Gasteiger partial charge in [-0.05, 0) is 55.8 Å². The lowest BCUT2D eigenvalue weighted by Gasteiger charge is -2.33. The van der Waals surface area contributed by atoms with Gasteiger partial charge in [0.2, 0.25) is 0 Å². The fraction of sp³-hybridized carbons (Fsp3) is 0.345. The third kappa shape index (κ3) is 4.12. The number of cyclic esters (lactones) is 1. The van der Waals surface area contributed by atoms with E-state index in [0.29, 0.717) is 12.1 Å². The lowest BCUT2D eigenvalue weighted by molar-refractivity contribution is 0.0249. The van der Waals surface area contributed by atoms with Crippen molar-refractivity contribution in [2.24, 2.45) is 5.73 Å². The Hall–Kier alpha value is -3.51. The van der Waals surface area contributed by atoms with Crippen LogP contribution in [-0.4, -0.2) is 47.2 Å². The molecule has 1 aliphatic rings. The molecule has 0 saturated carbocycles. The summed E-state index contributed by atoms with van der Waals surface area (Å²) in [5.41, 5.74) is 12.6. The zero-order chi connectivity index (χ0) is 25.3. The normalized spacial score (nSPS) is 16.6. The van der Waals surface area contributed by atoms with Gasteiger partial charge in [-0.25, -0.2) is 4.79 Å². The topological polar surface area (TPSA) is 62.0 Å². The number of rotatable bonds is 8. The van der Waals surface area contributed by atoms with Crippen LogP contribution in [0.5, 0.6) is 0 Å². The maximum Gasteiger partial charge on any atom is 0.340 e. The fourth-order valence-corrected chi connectivity index (χ4v) is 4.98. The standard InChI is InChI=1S/C29H36N4O2/c1-7-33(8-2)24-14-15-26(20(17-24)19-30)29(21-9-11-22(12-10-21)31(3)4)27-16-13-23(32(5)6)18-25(27)28(34)35-29/h9-18H,7-8,19,30H2,1-6H3. The molecule has 35 heavy (non-hydrogen) atoms. The van der Waals surface area contributed by atoms with Gasteiger partial charge in [0.15, 0.2) is 5.60 Å². The number of hydrogen-bond acceptors (Lipinski definition) is 6. The Labute approximate surface area is 208 Å². The Balaban J connectivity index is 1.99. The molecule has 1 heterocycles. The van der Waals surface area contributed by atoms with Gasteiger partial charge in [0.05, 0.1) is 5.56 Å². The van der Waals surface area contributed by atoms with Crippen molar-refractivity contribution in [3.63, 3.8) is 0 Å². The molecule has 0 amide bonds. The van der Waals surface area contributed by atoms with E-state index in [-0.39, 0.29) is 5.97 Å². The molecule has 2 N–H and O–H groups in total. The Bertz CT molecular complexity index is 1220. The first-order chi connectivity index (χ1) is 16.8. The highest BCUT2D eigenvalue weighted by molar-refractivity contribution is 5.97. The van der Waals surface area contributed by atoms with Crippen molar-refractivity contribution in [3.8, 4) is 0 Å². The molecular formula is C29H36N4O2. The molecule has 1 unspecified atom stereocenters. The van der Waals surface area contributed by atoms with Crippen molar-refractivity contribution >= 4 is 23.0 Å². The number of ether oxygens (including phenoxy) is 1. The highest BCUT2D eigenvalue weighted by atomic mass is 16.6. The third-order valence-corrected chi connectivity index (χ3v) is 6.97. The number of nitrogens with zero attached hydrogens (tertiary/aromatic N) is 3. The van der Waals surface area contributed by atoms with Crippen LogP contribution in [0.2, 0.25) is 0 Å². The zero-order valence-corrected chi connectivity index (χ0v) is 21.6. The van der Waals surface area contributed by atoms with Gasteiger partial charge in [-0.1, -0.05) is 24.3 Å². The summed E-state index contributed by atoms with van der Waals surface area (Å²) in [6.45, 7) is 6.43. The summed E-state index contributed by atoms with van der Waals surface area (Å²) in [4.78, 5) is 19.7. The highest BCUT2D eigenvalue weighted by Gasteiger charge is 2.49. The van der Waals surface area contributed by atoms with E-state index in [1.807, 2.05) is 51.3 Å². The van der Waals surface area contributed by atoms with Crippen LogP contribution in [0.1, 0.15) is 46.5 Å². The van der Waals surface area contributed by atoms with Crippen molar-refractivity contribution in [1.29, 1.82) is 0 Å². The monoisotopic (exact) mass is 472 g/mol. The summed E-state index contributed by atoms with van der Waals surface area (Å²) >= 11 is 0. The van der Waals surface area contributed by atoms with E-state index in [2.05, 4.69) is 66.1 Å². The Kier molecular flexibility index (Phi) is 6.77. The molecule has 1 atom stereocenters. The molecule has 0 aromatic heterocycles. The minimum Gasteiger partial charge on any atom is -0.441 e. The fourth-order valence-electron chi connectivity index (χ4n) is 4.98. The van der Waals surface area contributed by atoms with Crippen molar-refractivity contribution in [1.82, 2.24) is 0 Å². The number of carbonyl (C=O) groups is 1. The van der Waals surface area contributed by atoms with Crippen LogP contribution >= 0.6 is 0 Å². The van der Waals surface area contributed by atoms with Gasteiger partial charge in [-0.3, -0.25) is 0 Å². The van der Waals surface area contributed by atoms with Crippen LogP contribution in [0.25, 0.3) is 0 Å². The van der Waals surface area contributed by atoms with Crippen molar-refractivity contribution in [2.45, 2.75) is 26.0 Å². The van der Waals surface area contributed by atoms with Crippen LogP contribution in [-0.2, 0) is 16.9 Å². The molecule has 6 heteroatoms. The second-order valence-electron chi connectivity index (χ2n) is 9.35. The number of anilines is 3. The van der Waals surface area contributed by atoms with E-state index in [9.17, 15) is 4.79 Å². The smallest absolute Gasteiger partial charge is 0.340 e. The molecule has 0 saturated heterocycles. The minimum absolute atomic E-state index is 0.323. The molecule has 6 nitrogen and oxygen atoms in total. The van der Waals surface area contributed by atoms with Crippen LogP contribution in [0.3, 0.4) is 0 Å². The highest BCUT2D eigenvalue weighted by Crippen LogP contribution is 2.49. The van der Waals surface area contributed by atoms with E-state index in [0.717, 1.165) is 52.4 Å². The van der Waals surface area contributed by atoms with Crippen molar-refractivity contribution in [2.75, 3.05) is 56.0 Å². The summed E-state index contributed by atoms with van der Waals surface area (Å²) in [5, 5.41) is 0. The molecular weight excluding hydrogens is 436 g/mol. The van der Waals surface area contributed by atoms with Crippen molar-refractivity contribution < 1.29 is 9.53 Å². The summed E-state index contributed by atoms with van der Waals surface area (Å²) in [6, 6.07) is 20.5. The van der Waals surface area contributed by atoms with Gasteiger partial charge in [0, 0.05) is 81.6 Å². The number of fused-ring (bicyclic) bond motifs is 1. The predicted octanol–water partition coefficient (Wildman–Crippen LogP) is 4.59. The predicted molar refractivity (Wildman–Crippen MR) is 145 cm³/mol. The number of nitrogens with two attached hydrogens (primary N) is 1. The number of benzene rings is 3. The molecule has 3 aromatic carbocycles. The van der Waals surface area contributed by atoms with Gasteiger partial charge in [-0.2, -0.15) is 0 Å². The molecule has 4 rings (SSSR count). The molecule has 0 aliphatic carbocycles. The second-order valence-corrected chi connectivity index (χ2v) is 9.35. The van der Waals surface area contributed by atoms with E-state index in [1.54, 1.807) is 0 Å². The first kappa shape index (κ1) is 24.6. The minimum atomic E-state index is -1.07. The Morgan fingerprint density at radius 1 is 0.771 bits per heavy atom. The van der Waals surface area contributed by atoms with Gasteiger partial charge in [0.1, 0.15) is 0 Å². The zero-order valence-electron chi connectivity index (χ0n) is 21.6. The average molecular weight is 473 g/mol. The van der Waals surface area contributed by atoms with E-state index < -0.39 is 5.60 Å². The lowest BCUT2D eigenvalue weighted by Crippen LogP contribution is -2.32. The average Bonchev–Trinajstić information content (AvgIpc) is 3.17. The van der Waals surface area contributed by atoms with Crippen LogP contribution in [0.4, 0.5) is 17.1 Å². The van der Waals surface area contributed by atoms with Crippen LogP contribution < -0.4 is 20.4 Å². The second kappa shape index (κ2) is 9.62. The van der Waals surface area contributed by atoms with E-state index in [4.69, 9.17) is 10.5 Å². The maximum absolute atomic E-state index is 13.4. The summed E-state index contributed by atoms with van der Waals surface area (Å²) in [6.07, 6.45) is 0. The van der Waals surface area contributed by atoms with Gasteiger partial charge >= 0.3 is 5.97 Å². The Morgan fingerprint density at radius 2 is 1.34 bits per heavy atom. The number of esters is 1. The molecule has 0 radical (unpaired) electrons.